The van der Waals surface area contributed by atoms with E-state index in [1.54, 1.807) is 13.3 Å². The average molecular weight is 265 g/mol. The average Bonchev–Trinajstić information content (AvgIpc) is 2.40. The second-order valence-corrected chi connectivity index (χ2v) is 4.77. The molecular weight excluding hydrogens is 246 g/mol. The van der Waals surface area contributed by atoms with Gasteiger partial charge in [0.1, 0.15) is 5.75 Å². The van der Waals surface area contributed by atoms with Crippen LogP contribution in [-0.4, -0.2) is 24.2 Å². The summed E-state index contributed by atoms with van der Waals surface area (Å²) < 4.78 is 5.07. The van der Waals surface area contributed by atoms with Gasteiger partial charge in [-0.05, 0) is 36.2 Å². The van der Waals surface area contributed by atoms with Crippen molar-refractivity contribution < 1.29 is 4.74 Å². The molecule has 0 heterocycles. The number of benzene rings is 1. The van der Waals surface area contributed by atoms with Gasteiger partial charge in [-0.3, -0.25) is 0 Å². The highest BCUT2D eigenvalue weighted by Crippen LogP contribution is 2.10. The number of nitrogens with zero attached hydrogens (tertiary/aromatic N) is 2. The van der Waals surface area contributed by atoms with Crippen LogP contribution in [0.15, 0.2) is 34.5 Å². The largest absolute Gasteiger partial charge is 0.497 e. The Morgan fingerprint density at radius 1 is 1.39 bits per heavy atom. The molecule has 0 fully saturated rings. The summed E-state index contributed by atoms with van der Waals surface area (Å²) in [7, 11) is 1.64. The zero-order valence-corrected chi connectivity index (χ0v) is 11.6. The lowest BCUT2D eigenvalue weighted by molar-refractivity contribution is 0.415. The van der Waals surface area contributed by atoms with Gasteiger partial charge in [-0.1, -0.05) is 25.1 Å². The van der Waals surface area contributed by atoms with Crippen molar-refractivity contribution in [3.8, 4) is 5.75 Å². The smallest absolute Gasteiger partial charge is 0.180 e. The first-order chi connectivity index (χ1) is 8.76. The Bertz CT molecular complexity index is 401. The minimum Gasteiger partial charge on any atom is -0.497 e. The van der Waals surface area contributed by atoms with Crippen LogP contribution in [0.5, 0.6) is 5.75 Å². The molecule has 0 spiro atoms. The van der Waals surface area contributed by atoms with Crippen molar-refractivity contribution in [2.45, 2.75) is 19.8 Å². The first-order valence-corrected chi connectivity index (χ1v) is 6.88. The number of nitrogens with two attached hydrogens (primary N) is 1. The van der Waals surface area contributed by atoms with E-state index in [0.29, 0.717) is 5.17 Å². The van der Waals surface area contributed by atoms with Gasteiger partial charge in [-0.2, -0.15) is 5.10 Å². The van der Waals surface area contributed by atoms with Crippen molar-refractivity contribution in [3.63, 3.8) is 0 Å². The molecule has 4 nitrogen and oxygen atoms in total. The fourth-order valence-electron chi connectivity index (χ4n) is 1.19. The van der Waals surface area contributed by atoms with Gasteiger partial charge < -0.3 is 10.5 Å². The van der Waals surface area contributed by atoms with Crippen LogP contribution in [0.1, 0.15) is 25.3 Å². The summed E-state index contributed by atoms with van der Waals surface area (Å²) in [5.41, 5.74) is 6.67. The molecule has 0 aliphatic rings. The monoisotopic (exact) mass is 265 g/mol. The molecule has 0 amide bonds. The Morgan fingerprint density at radius 2 is 2.11 bits per heavy atom. The van der Waals surface area contributed by atoms with Gasteiger partial charge in [-0.25, -0.2) is 0 Å². The molecule has 0 atom stereocenters. The lowest BCUT2D eigenvalue weighted by Gasteiger charge is -1.98. The van der Waals surface area contributed by atoms with Crippen LogP contribution in [0.2, 0.25) is 0 Å². The van der Waals surface area contributed by atoms with Crippen molar-refractivity contribution in [2.75, 3.05) is 12.9 Å². The number of methoxy groups -OCH3 is 1. The van der Waals surface area contributed by atoms with Gasteiger partial charge >= 0.3 is 0 Å². The van der Waals surface area contributed by atoms with Gasteiger partial charge in [0.2, 0.25) is 0 Å². The molecule has 18 heavy (non-hydrogen) atoms. The second-order valence-electron chi connectivity index (χ2n) is 3.66. The molecule has 2 N–H and O–H groups in total. The van der Waals surface area contributed by atoms with Crippen LogP contribution in [-0.2, 0) is 0 Å². The van der Waals surface area contributed by atoms with E-state index in [0.717, 1.165) is 29.9 Å². The van der Waals surface area contributed by atoms with E-state index in [-0.39, 0.29) is 0 Å². The number of unbranched alkanes of at least 4 members (excludes halogenated alkanes) is 1. The van der Waals surface area contributed by atoms with E-state index < -0.39 is 0 Å². The summed E-state index contributed by atoms with van der Waals surface area (Å²) in [5, 5.41) is 8.39. The van der Waals surface area contributed by atoms with E-state index in [1.807, 2.05) is 24.3 Å². The quantitative estimate of drug-likeness (QED) is 0.372. The maximum atomic E-state index is 5.70. The third kappa shape index (κ3) is 5.72. The van der Waals surface area contributed by atoms with Crippen LogP contribution >= 0.6 is 11.8 Å². The third-order valence-electron chi connectivity index (χ3n) is 2.23. The molecule has 0 bridgehead atoms. The van der Waals surface area contributed by atoms with Gasteiger partial charge in [0.15, 0.2) is 5.17 Å². The number of thioether (sulfide) groups is 1. The van der Waals surface area contributed by atoms with Gasteiger partial charge in [-0.15, -0.1) is 5.10 Å². The molecule has 0 aromatic heterocycles. The molecule has 98 valence electrons. The van der Waals surface area contributed by atoms with Crippen molar-refractivity contribution in [2.24, 2.45) is 15.9 Å². The zero-order chi connectivity index (χ0) is 13.2. The van der Waals surface area contributed by atoms with Crippen LogP contribution in [0.4, 0.5) is 0 Å². The van der Waals surface area contributed by atoms with Crippen LogP contribution < -0.4 is 10.5 Å². The zero-order valence-electron chi connectivity index (χ0n) is 10.8. The summed E-state index contributed by atoms with van der Waals surface area (Å²) >= 11 is 1.54. The summed E-state index contributed by atoms with van der Waals surface area (Å²) in [6, 6.07) is 7.59. The standard InChI is InChI=1S/C13H19N3OS/c1-3-4-9-18-13(14)16-15-10-11-5-7-12(17-2)8-6-11/h5-8,10H,3-4,9H2,1-2H3,(H2,14,16)/b15-10-. The number of amidine groups is 1. The minimum atomic E-state index is 0.508. The molecule has 1 aromatic rings. The topological polar surface area (TPSA) is 60.0 Å². The maximum absolute atomic E-state index is 5.70. The predicted octanol–water partition coefficient (Wildman–Crippen LogP) is 2.88. The van der Waals surface area contributed by atoms with E-state index in [2.05, 4.69) is 17.1 Å². The highest BCUT2D eigenvalue weighted by molar-refractivity contribution is 8.13. The molecule has 1 rings (SSSR count). The molecule has 0 saturated carbocycles. The van der Waals surface area contributed by atoms with Crippen molar-refractivity contribution in [1.82, 2.24) is 0 Å². The molecule has 1 aromatic carbocycles. The first kappa shape index (κ1) is 14.6. The Labute approximate surface area is 112 Å². The van der Waals surface area contributed by atoms with Gasteiger partial charge in [0.05, 0.1) is 13.3 Å². The summed E-state index contributed by atoms with van der Waals surface area (Å²) in [6.07, 6.45) is 3.98. The molecule has 0 saturated heterocycles. The van der Waals surface area contributed by atoms with Gasteiger partial charge in [0, 0.05) is 5.75 Å². The van der Waals surface area contributed by atoms with Crippen molar-refractivity contribution in [3.05, 3.63) is 29.8 Å². The Kier molecular flexibility index (Phi) is 6.94. The Hall–Kier alpha value is -1.49. The molecule has 0 unspecified atom stereocenters. The molecular formula is C13H19N3OS. The van der Waals surface area contributed by atoms with Crippen LogP contribution in [0.25, 0.3) is 0 Å². The summed E-state index contributed by atoms with van der Waals surface area (Å²) in [5.74, 6) is 1.81. The Morgan fingerprint density at radius 3 is 2.72 bits per heavy atom. The first-order valence-electron chi connectivity index (χ1n) is 5.89. The lowest BCUT2D eigenvalue weighted by atomic mass is 10.2. The van der Waals surface area contributed by atoms with E-state index in [9.17, 15) is 0 Å². The number of ether oxygens (including phenoxy) is 1. The van der Waals surface area contributed by atoms with E-state index in [1.165, 1.54) is 11.8 Å². The minimum absolute atomic E-state index is 0.508. The number of hydrogen-bond acceptors (Lipinski definition) is 4. The normalized spacial score (nSPS) is 12.0. The summed E-state index contributed by atoms with van der Waals surface area (Å²) in [6.45, 7) is 2.15. The molecule has 0 radical (unpaired) electrons. The molecule has 0 aliphatic carbocycles. The molecule has 5 heteroatoms. The maximum Gasteiger partial charge on any atom is 0.180 e. The SMILES string of the molecule is CCCCSC(N)=N/N=C\c1ccc(OC)cc1. The predicted molar refractivity (Wildman–Crippen MR) is 79.6 cm³/mol. The van der Waals surface area contributed by atoms with Crippen molar-refractivity contribution >= 4 is 23.1 Å². The fraction of sp³-hybridized carbons (Fsp3) is 0.385. The molecule has 0 aliphatic heterocycles. The number of rotatable bonds is 6. The highest BCUT2D eigenvalue weighted by atomic mass is 32.2. The van der Waals surface area contributed by atoms with Gasteiger partial charge in [0.25, 0.3) is 0 Å². The lowest BCUT2D eigenvalue weighted by Crippen LogP contribution is -2.06. The highest BCUT2D eigenvalue weighted by Gasteiger charge is 1.93. The summed E-state index contributed by atoms with van der Waals surface area (Å²) in [4.78, 5) is 0. The number of hydrogen-bond donors (Lipinski definition) is 1. The second kappa shape index (κ2) is 8.58. The van der Waals surface area contributed by atoms with Crippen LogP contribution in [0, 0.1) is 0 Å². The third-order valence-corrected chi connectivity index (χ3v) is 3.10. The fourth-order valence-corrected chi connectivity index (χ4v) is 1.94. The van der Waals surface area contributed by atoms with E-state index >= 15 is 0 Å². The van der Waals surface area contributed by atoms with E-state index in [4.69, 9.17) is 10.5 Å². The Balaban J connectivity index is 2.45. The van der Waals surface area contributed by atoms with Crippen molar-refractivity contribution in [1.29, 1.82) is 0 Å². The van der Waals surface area contributed by atoms with Crippen LogP contribution in [0.3, 0.4) is 0 Å².